The fourth-order valence-corrected chi connectivity index (χ4v) is 7.15. The van der Waals surface area contributed by atoms with Crippen LogP contribution in [-0.4, -0.2) is 37.2 Å². The maximum atomic E-state index is 12.8. The second kappa shape index (κ2) is 51.5. The van der Waals surface area contributed by atoms with Crippen LogP contribution in [-0.2, 0) is 28.6 Å². The van der Waals surface area contributed by atoms with Gasteiger partial charge in [-0.15, -0.1) is 0 Å². The van der Waals surface area contributed by atoms with E-state index in [9.17, 15) is 14.4 Å². The summed E-state index contributed by atoms with van der Waals surface area (Å²) in [6.07, 6.45) is 64.6. The third kappa shape index (κ3) is 49.7. The normalized spacial score (nSPS) is 12.6. The monoisotopic (exact) mass is 879 g/mol. The van der Waals surface area contributed by atoms with Gasteiger partial charge in [-0.1, -0.05) is 203 Å². The zero-order chi connectivity index (χ0) is 45.8. The van der Waals surface area contributed by atoms with Gasteiger partial charge in [0.05, 0.1) is 0 Å². The molecule has 0 aromatic carbocycles. The van der Waals surface area contributed by atoms with Gasteiger partial charge in [-0.25, -0.2) is 0 Å². The molecule has 0 bridgehead atoms. The van der Waals surface area contributed by atoms with Crippen LogP contribution in [0.15, 0.2) is 72.9 Å². The van der Waals surface area contributed by atoms with Crippen molar-refractivity contribution in [2.24, 2.45) is 0 Å². The first-order chi connectivity index (χ1) is 31.0. The van der Waals surface area contributed by atoms with Crippen LogP contribution in [0.25, 0.3) is 0 Å². The summed E-state index contributed by atoms with van der Waals surface area (Å²) >= 11 is 0. The minimum atomic E-state index is -0.807. The molecular formula is C57H98O6. The lowest BCUT2D eigenvalue weighted by Crippen LogP contribution is -2.30. The van der Waals surface area contributed by atoms with Crippen LogP contribution in [0.1, 0.15) is 252 Å². The number of rotatable bonds is 47. The maximum absolute atomic E-state index is 12.8. The smallest absolute Gasteiger partial charge is 0.306 e. The third-order valence-corrected chi connectivity index (χ3v) is 11.2. The number of carbonyl (C=O) groups is 3. The zero-order valence-corrected chi connectivity index (χ0v) is 41.3. The quantitative estimate of drug-likeness (QED) is 0.0199. The highest BCUT2D eigenvalue weighted by Gasteiger charge is 2.19. The summed E-state index contributed by atoms with van der Waals surface area (Å²) in [6.45, 7) is 6.53. The second-order valence-electron chi connectivity index (χ2n) is 17.5. The Morgan fingerprint density at radius 3 is 1.11 bits per heavy atom. The maximum Gasteiger partial charge on any atom is 0.306 e. The molecule has 1 unspecified atom stereocenters. The molecule has 6 heteroatoms. The van der Waals surface area contributed by atoms with Crippen LogP contribution in [0.4, 0.5) is 0 Å². The zero-order valence-electron chi connectivity index (χ0n) is 41.3. The van der Waals surface area contributed by atoms with Crippen LogP contribution in [0.5, 0.6) is 0 Å². The summed E-state index contributed by atoms with van der Waals surface area (Å²) in [5.41, 5.74) is 0. The first kappa shape index (κ1) is 59.9. The number of allylic oxidation sites excluding steroid dienone is 12. The summed E-state index contributed by atoms with van der Waals surface area (Å²) < 4.78 is 16.7. The number of hydrogen-bond acceptors (Lipinski definition) is 6. The van der Waals surface area contributed by atoms with E-state index in [1.54, 1.807) is 0 Å². The molecule has 0 aromatic rings. The lowest BCUT2D eigenvalue weighted by molar-refractivity contribution is -0.167. The van der Waals surface area contributed by atoms with Gasteiger partial charge in [-0.3, -0.25) is 14.4 Å². The molecule has 0 amide bonds. The van der Waals surface area contributed by atoms with Crippen molar-refractivity contribution in [2.45, 2.75) is 258 Å². The Hall–Kier alpha value is -3.15. The molecule has 6 nitrogen and oxygen atoms in total. The highest BCUT2D eigenvalue weighted by molar-refractivity contribution is 5.71. The Labute approximate surface area is 389 Å². The van der Waals surface area contributed by atoms with Crippen molar-refractivity contribution in [1.29, 1.82) is 0 Å². The van der Waals surface area contributed by atoms with Crippen LogP contribution in [0, 0.1) is 0 Å². The fraction of sp³-hybridized carbons (Fsp3) is 0.737. The first-order valence-corrected chi connectivity index (χ1v) is 26.5. The molecule has 0 fully saturated rings. The Kier molecular flexibility index (Phi) is 48.9. The summed E-state index contributed by atoms with van der Waals surface area (Å²) in [4.78, 5) is 38.0. The lowest BCUT2D eigenvalue weighted by atomic mass is 10.1. The SMILES string of the molecule is CCCCC/C=C\C=C/CCCCCCCCC(=O)OC(COC(=O)CCC/C=C\C/C=C\C/C=C\CCCCCCCC)COC(=O)CCCCC/C=C\CCCCCCCC. The highest BCUT2D eigenvalue weighted by atomic mass is 16.6. The standard InChI is InChI=1S/C57H98O6/c1-4-7-10-13-16-19-22-25-27-28-30-32-35-38-41-44-47-50-56(59)62-53-54(52-61-55(58)49-46-43-40-37-34-31-24-21-18-15-12-9-6-3)63-57(60)51-48-45-42-39-36-33-29-26-23-20-17-14-11-8-5-2/h17,20,23,25-27,30-32,34,38,41,54H,4-16,18-19,21-22,24,28-29,33,35-37,39-40,42-53H2,1-3H3/b20-17-,26-23-,27-25-,32-30-,34-31-,41-38-. The summed E-state index contributed by atoms with van der Waals surface area (Å²) in [6, 6.07) is 0. The Morgan fingerprint density at radius 1 is 0.333 bits per heavy atom. The molecular weight excluding hydrogens is 781 g/mol. The number of unbranched alkanes of at least 4 members (excludes halogenated alkanes) is 25. The number of hydrogen-bond donors (Lipinski definition) is 0. The molecule has 0 radical (unpaired) electrons. The minimum Gasteiger partial charge on any atom is -0.462 e. The molecule has 0 saturated heterocycles. The average molecular weight is 879 g/mol. The number of carbonyl (C=O) groups excluding carboxylic acids is 3. The predicted molar refractivity (Wildman–Crippen MR) is 270 cm³/mol. The molecule has 0 spiro atoms. The van der Waals surface area contributed by atoms with Gasteiger partial charge in [-0.05, 0) is 103 Å². The van der Waals surface area contributed by atoms with Gasteiger partial charge in [0.2, 0.25) is 0 Å². The van der Waals surface area contributed by atoms with Crippen molar-refractivity contribution >= 4 is 17.9 Å². The molecule has 63 heavy (non-hydrogen) atoms. The van der Waals surface area contributed by atoms with E-state index in [0.717, 1.165) is 83.5 Å². The highest BCUT2D eigenvalue weighted by Crippen LogP contribution is 2.13. The molecule has 1 atom stereocenters. The number of esters is 3. The van der Waals surface area contributed by atoms with Crippen molar-refractivity contribution in [3.05, 3.63) is 72.9 Å². The largest absolute Gasteiger partial charge is 0.462 e. The van der Waals surface area contributed by atoms with E-state index in [2.05, 4.69) is 93.7 Å². The molecule has 0 N–H and O–H groups in total. The van der Waals surface area contributed by atoms with Crippen molar-refractivity contribution < 1.29 is 28.6 Å². The Balaban J connectivity index is 4.50. The molecule has 0 aromatic heterocycles. The molecule has 0 saturated carbocycles. The van der Waals surface area contributed by atoms with E-state index in [-0.39, 0.29) is 37.5 Å². The molecule has 0 aliphatic rings. The predicted octanol–water partition coefficient (Wildman–Crippen LogP) is 17.4. The van der Waals surface area contributed by atoms with E-state index in [0.29, 0.717) is 19.3 Å². The van der Waals surface area contributed by atoms with E-state index >= 15 is 0 Å². The van der Waals surface area contributed by atoms with Crippen LogP contribution in [0.3, 0.4) is 0 Å². The second-order valence-corrected chi connectivity index (χ2v) is 17.5. The molecule has 362 valence electrons. The summed E-state index contributed by atoms with van der Waals surface area (Å²) in [5.74, 6) is -0.983. The summed E-state index contributed by atoms with van der Waals surface area (Å²) in [5, 5.41) is 0. The van der Waals surface area contributed by atoms with Gasteiger partial charge < -0.3 is 14.2 Å². The van der Waals surface area contributed by atoms with Crippen molar-refractivity contribution in [2.75, 3.05) is 13.2 Å². The van der Waals surface area contributed by atoms with Gasteiger partial charge >= 0.3 is 17.9 Å². The van der Waals surface area contributed by atoms with Crippen molar-refractivity contribution in [1.82, 2.24) is 0 Å². The minimum absolute atomic E-state index is 0.104. The number of ether oxygens (including phenoxy) is 3. The van der Waals surface area contributed by atoms with E-state index < -0.39 is 6.10 Å². The average Bonchev–Trinajstić information content (AvgIpc) is 3.28. The van der Waals surface area contributed by atoms with Crippen molar-refractivity contribution in [3.8, 4) is 0 Å². The van der Waals surface area contributed by atoms with E-state index in [1.165, 1.54) is 122 Å². The Bertz CT molecular complexity index is 1190. The van der Waals surface area contributed by atoms with Gasteiger partial charge in [0.1, 0.15) is 13.2 Å². The first-order valence-electron chi connectivity index (χ1n) is 26.5. The van der Waals surface area contributed by atoms with E-state index in [4.69, 9.17) is 14.2 Å². The van der Waals surface area contributed by atoms with Gasteiger partial charge in [0.25, 0.3) is 0 Å². The lowest BCUT2D eigenvalue weighted by Gasteiger charge is -2.18. The van der Waals surface area contributed by atoms with Crippen LogP contribution < -0.4 is 0 Å². The van der Waals surface area contributed by atoms with Crippen LogP contribution in [0.2, 0.25) is 0 Å². The molecule has 0 heterocycles. The molecule has 0 rings (SSSR count). The third-order valence-electron chi connectivity index (χ3n) is 11.2. The van der Waals surface area contributed by atoms with Crippen LogP contribution >= 0.6 is 0 Å². The van der Waals surface area contributed by atoms with Crippen molar-refractivity contribution in [3.63, 3.8) is 0 Å². The van der Waals surface area contributed by atoms with Gasteiger partial charge in [0, 0.05) is 19.3 Å². The molecule has 0 aliphatic heterocycles. The Morgan fingerprint density at radius 2 is 0.635 bits per heavy atom. The van der Waals surface area contributed by atoms with Gasteiger partial charge in [0.15, 0.2) is 6.10 Å². The van der Waals surface area contributed by atoms with Gasteiger partial charge in [-0.2, -0.15) is 0 Å². The van der Waals surface area contributed by atoms with E-state index in [1.807, 2.05) is 0 Å². The molecule has 0 aliphatic carbocycles. The summed E-state index contributed by atoms with van der Waals surface area (Å²) in [7, 11) is 0. The topological polar surface area (TPSA) is 78.9 Å². The fourth-order valence-electron chi connectivity index (χ4n) is 7.15.